The van der Waals surface area contributed by atoms with Crippen LogP contribution in [0.4, 0.5) is 0 Å². The lowest BCUT2D eigenvalue weighted by Crippen LogP contribution is -2.46. The number of carbonyl (C=O) groups is 1. The van der Waals surface area contributed by atoms with Gasteiger partial charge in [-0.15, -0.1) is 0 Å². The molecule has 2 N–H and O–H groups in total. The van der Waals surface area contributed by atoms with Gasteiger partial charge in [-0.1, -0.05) is 50.3 Å². The number of hydrogen-bond acceptors (Lipinski definition) is 2. The summed E-state index contributed by atoms with van der Waals surface area (Å²) in [6, 6.07) is 10.0. The molecule has 1 fully saturated rings. The minimum atomic E-state index is -0.603. The molecule has 3 heteroatoms. The summed E-state index contributed by atoms with van der Waals surface area (Å²) in [5.74, 6) is 0.132. The Morgan fingerprint density at radius 2 is 2.00 bits per heavy atom. The van der Waals surface area contributed by atoms with E-state index >= 15 is 0 Å². The zero-order chi connectivity index (χ0) is 13.7. The van der Waals surface area contributed by atoms with Crippen LogP contribution >= 0.6 is 0 Å². The second kappa shape index (κ2) is 3.94. The minimum absolute atomic E-state index is 0.148. The van der Waals surface area contributed by atoms with Crippen LogP contribution in [0.5, 0.6) is 0 Å². The Balaban J connectivity index is 2.16. The van der Waals surface area contributed by atoms with Crippen LogP contribution in [0, 0.1) is 16.7 Å². The Morgan fingerprint density at radius 3 is 2.58 bits per heavy atom. The van der Waals surface area contributed by atoms with Crippen molar-refractivity contribution in [2.75, 3.05) is 0 Å². The average molecular weight is 257 g/mol. The fourth-order valence-corrected chi connectivity index (χ4v) is 4.07. The van der Waals surface area contributed by atoms with Crippen LogP contribution in [-0.4, -0.2) is 11.1 Å². The lowest BCUT2D eigenvalue weighted by atomic mass is 9.64. The third kappa shape index (κ3) is 1.39. The van der Waals surface area contributed by atoms with E-state index in [-0.39, 0.29) is 11.3 Å². The first-order valence-corrected chi connectivity index (χ1v) is 6.76. The number of hydrogen-bond donors (Lipinski definition) is 2. The molecule has 2 bridgehead atoms. The van der Waals surface area contributed by atoms with Gasteiger partial charge in [-0.3, -0.25) is 10.0 Å². The Kier molecular flexibility index (Phi) is 2.58. The molecule has 100 valence electrons. The summed E-state index contributed by atoms with van der Waals surface area (Å²) >= 11 is 0. The van der Waals surface area contributed by atoms with Crippen molar-refractivity contribution in [1.29, 1.82) is 0 Å². The molecule has 3 nitrogen and oxygen atoms in total. The topological polar surface area (TPSA) is 49.3 Å². The highest BCUT2D eigenvalue weighted by molar-refractivity contribution is 5.99. The Labute approximate surface area is 113 Å². The summed E-state index contributed by atoms with van der Waals surface area (Å²) in [6.45, 7) is 4.26. The van der Waals surface area contributed by atoms with E-state index in [0.717, 1.165) is 24.0 Å². The Morgan fingerprint density at radius 1 is 1.32 bits per heavy atom. The monoisotopic (exact) mass is 257 g/mol. The zero-order valence-electron chi connectivity index (χ0n) is 11.3. The van der Waals surface area contributed by atoms with Gasteiger partial charge in [-0.25, -0.2) is 5.48 Å². The maximum absolute atomic E-state index is 12.4. The number of allylic oxidation sites excluding steroid dienone is 1. The van der Waals surface area contributed by atoms with E-state index in [1.165, 1.54) is 0 Å². The standard InChI is InChI=1S/C16H19NO2/c1-15(2)12-8-9-16(15,14(18)17-19)13(10-12)11-6-4-3-5-7-11/h3-7,10,12,19H,8-9H2,1-2H3,(H,17,18)/t12-,16+/m1/s1. The molecule has 2 aliphatic carbocycles. The maximum Gasteiger partial charge on any atom is 0.254 e. The maximum atomic E-state index is 12.4. The van der Waals surface area contributed by atoms with Crippen molar-refractivity contribution in [2.45, 2.75) is 26.7 Å². The summed E-state index contributed by atoms with van der Waals surface area (Å²) in [4.78, 5) is 12.4. The molecule has 0 radical (unpaired) electrons. The van der Waals surface area contributed by atoms with Crippen molar-refractivity contribution >= 4 is 11.5 Å². The van der Waals surface area contributed by atoms with Gasteiger partial charge >= 0.3 is 0 Å². The van der Waals surface area contributed by atoms with E-state index in [2.05, 4.69) is 19.9 Å². The largest absolute Gasteiger partial charge is 0.289 e. The Hall–Kier alpha value is -1.61. The third-order valence-electron chi connectivity index (χ3n) is 5.26. The molecule has 1 amide bonds. The molecule has 3 rings (SSSR count). The number of carbonyl (C=O) groups excluding carboxylic acids is 1. The molecule has 2 aliphatic rings. The summed E-state index contributed by atoms with van der Waals surface area (Å²) in [5, 5.41) is 9.18. The van der Waals surface area contributed by atoms with Crippen molar-refractivity contribution in [2.24, 2.45) is 16.7 Å². The van der Waals surface area contributed by atoms with Gasteiger partial charge in [-0.05, 0) is 35.3 Å². The van der Waals surface area contributed by atoms with Crippen LogP contribution in [0.15, 0.2) is 36.4 Å². The lowest BCUT2D eigenvalue weighted by Gasteiger charge is -2.38. The van der Waals surface area contributed by atoms with Crippen LogP contribution in [0.3, 0.4) is 0 Å². The van der Waals surface area contributed by atoms with E-state index in [9.17, 15) is 10.0 Å². The summed E-state index contributed by atoms with van der Waals surface area (Å²) in [5.41, 5.74) is 3.30. The first-order valence-electron chi connectivity index (χ1n) is 6.76. The van der Waals surface area contributed by atoms with Gasteiger partial charge in [0.2, 0.25) is 0 Å². The molecule has 2 atom stereocenters. The fourth-order valence-electron chi connectivity index (χ4n) is 4.07. The van der Waals surface area contributed by atoms with Crippen molar-refractivity contribution in [1.82, 2.24) is 5.48 Å². The van der Waals surface area contributed by atoms with E-state index in [4.69, 9.17) is 0 Å². The number of benzene rings is 1. The van der Waals surface area contributed by atoms with Crippen LogP contribution in [0.1, 0.15) is 32.3 Å². The van der Waals surface area contributed by atoms with Gasteiger partial charge in [0.25, 0.3) is 5.91 Å². The number of fused-ring (bicyclic) bond motifs is 2. The molecule has 0 spiro atoms. The quantitative estimate of drug-likeness (QED) is 0.632. The second-order valence-electron chi connectivity index (χ2n) is 6.16. The molecular formula is C16H19NO2. The summed E-state index contributed by atoms with van der Waals surface area (Å²) < 4.78 is 0. The van der Waals surface area contributed by atoms with E-state index in [1.807, 2.05) is 35.8 Å². The lowest BCUT2D eigenvalue weighted by molar-refractivity contribution is -0.140. The molecular weight excluding hydrogens is 238 g/mol. The van der Waals surface area contributed by atoms with Crippen LogP contribution in [0.25, 0.3) is 5.57 Å². The fraction of sp³-hybridized carbons (Fsp3) is 0.438. The Bertz CT molecular complexity index is 547. The zero-order valence-corrected chi connectivity index (χ0v) is 11.3. The minimum Gasteiger partial charge on any atom is -0.289 e. The van der Waals surface area contributed by atoms with Crippen molar-refractivity contribution < 1.29 is 10.0 Å². The first-order chi connectivity index (χ1) is 9.04. The van der Waals surface area contributed by atoms with Gasteiger partial charge in [0.05, 0.1) is 5.41 Å². The SMILES string of the molecule is CC1(C)[C@H]2C=C(c3ccccc3)[C@]1(C(=O)NO)CC2. The predicted molar refractivity (Wildman–Crippen MR) is 73.3 cm³/mol. The molecule has 1 saturated carbocycles. The van der Waals surface area contributed by atoms with Crippen LogP contribution in [0.2, 0.25) is 0 Å². The average Bonchev–Trinajstić information content (AvgIpc) is 2.83. The number of amides is 1. The molecule has 0 saturated heterocycles. The number of nitrogens with one attached hydrogen (secondary N) is 1. The first kappa shape index (κ1) is 12.4. The van der Waals surface area contributed by atoms with Gasteiger partial charge in [-0.2, -0.15) is 0 Å². The molecule has 1 aromatic carbocycles. The predicted octanol–water partition coefficient (Wildman–Crippen LogP) is 3.01. The van der Waals surface area contributed by atoms with Gasteiger partial charge in [0, 0.05) is 0 Å². The second-order valence-corrected chi connectivity index (χ2v) is 6.16. The third-order valence-corrected chi connectivity index (χ3v) is 5.26. The summed E-state index contributed by atoms with van der Waals surface area (Å²) in [7, 11) is 0. The summed E-state index contributed by atoms with van der Waals surface area (Å²) in [6.07, 6.45) is 4.04. The molecule has 0 aromatic heterocycles. The molecule has 0 heterocycles. The van der Waals surface area contributed by atoms with Crippen molar-refractivity contribution in [3.05, 3.63) is 42.0 Å². The van der Waals surface area contributed by atoms with E-state index in [0.29, 0.717) is 5.92 Å². The normalized spacial score (nSPS) is 31.1. The number of rotatable bonds is 2. The molecule has 0 unspecified atom stereocenters. The van der Waals surface area contributed by atoms with Gasteiger partial charge in [0.15, 0.2) is 0 Å². The van der Waals surface area contributed by atoms with Gasteiger partial charge < -0.3 is 0 Å². The highest BCUT2D eigenvalue weighted by atomic mass is 16.5. The van der Waals surface area contributed by atoms with Gasteiger partial charge in [0.1, 0.15) is 0 Å². The smallest absolute Gasteiger partial charge is 0.254 e. The van der Waals surface area contributed by atoms with Crippen molar-refractivity contribution in [3.63, 3.8) is 0 Å². The van der Waals surface area contributed by atoms with E-state index in [1.54, 1.807) is 0 Å². The van der Waals surface area contributed by atoms with Crippen molar-refractivity contribution in [3.8, 4) is 0 Å². The van der Waals surface area contributed by atoms with Crippen LogP contribution in [-0.2, 0) is 4.79 Å². The number of hydroxylamine groups is 1. The highest BCUT2D eigenvalue weighted by Gasteiger charge is 2.64. The van der Waals surface area contributed by atoms with E-state index < -0.39 is 5.41 Å². The molecule has 1 aromatic rings. The van der Waals surface area contributed by atoms with Crippen LogP contribution < -0.4 is 5.48 Å². The highest BCUT2D eigenvalue weighted by Crippen LogP contribution is 2.67. The molecule has 19 heavy (non-hydrogen) atoms. The molecule has 0 aliphatic heterocycles.